The molecule has 0 spiro atoms. The summed E-state index contributed by atoms with van der Waals surface area (Å²) in [4.78, 5) is 12.4. The Bertz CT molecular complexity index is 504. The number of rotatable bonds is 6. The Hall–Kier alpha value is -1.55. The Morgan fingerprint density at radius 1 is 1.26 bits per heavy atom. The van der Waals surface area contributed by atoms with E-state index in [0.29, 0.717) is 6.42 Å². The Morgan fingerprint density at radius 3 is 2.43 bits per heavy atom. The summed E-state index contributed by atoms with van der Waals surface area (Å²) in [6, 6.07) is 7.85. The second-order valence-electron chi connectivity index (χ2n) is 7.24. The molecule has 1 saturated carbocycles. The number of aliphatic hydroxyl groups excluding tert-OH is 1. The number of hydrogen-bond acceptors (Lipinski definition) is 3. The molecule has 0 aliphatic heterocycles. The fourth-order valence-electron chi connectivity index (χ4n) is 3.37. The largest absolute Gasteiger partial charge is 0.497 e. The highest BCUT2D eigenvalue weighted by Gasteiger charge is 2.31. The molecule has 0 bridgehead atoms. The van der Waals surface area contributed by atoms with E-state index in [4.69, 9.17) is 4.74 Å². The van der Waals surface area contributed by atoms with E-state index in [9.17, 15) is 9.90 Å². The topological polar surface area (TPSA) is 58.6 Å². The van der Waals surface area contributed by atoms with Crippen LogP contribution in [-0.2, 0) is 11.2 Å². The summed E-state index contributed by atoms with van der Waals surface area (Å²) >= 11 is 0. The van der Waals surface area contributed by atoms with Crippen molar-refractivity contribution < 1.29 is 14.6 Å². The number of nitrogens with one attached hydrogen (secondary N) is 1. The molecule has 4 nitrogen and oxygen atoms in total. The van der Waals surface area contributed by atoms with Gasteiger partial charge in [0.05, 0.1) is 7.11 Å². The van der Waals surface area contributed by atoms with Gasteiger partial charge in [-0.2, -0.15) is 0 Å². The first-order chi connectivity index (χ1) is 10.9. The number of aliphatic hydroxyl groups is 1. The van der Waals surface area contributed by atoms with E-state index in [2.05, 4.69) is 5.32 Å². The fourth-order valence-corrected chi connectivity index (χ4v) is 3.37. The summed E-state index contributed by atoms with van der Waals surface area (Å²) in [5.74, 6) is 0.694. The molecule has 1 aromatic carbocycles. The van der Waals surface area contributed by atoms with Gasteiger partial charge in [0, 0.05) is 5.54 Å². The summed E-state index contributed by atoms with van der Waals surface area (Å²) in [5, 5.41) is 13.3. The molecule has 1 fully saturated rings. The van der Waals surface area contributed by atoms with E-state index in [-0.39, 0.29) is 11.8 Å². The van der Waals surface area contributed by atoms with Gasteiger partial charge in [0.25, 0.3) is 0 Å². The fraction of sp³-hybridized carbons (Fsp3) is 0.632. The van der Waals surface area contributed by atoms with Crippen LogP contribution in [0.2, 0.25) is 0 Å². The van der Waals surface area contributed by atoms with Gasteiger partial charge in [-0.3, -0.25) is 4.79 Å². The highest BCUT2D eigenvalue weighted by molar-refractivity contribution is 5.81. The lowest BCUT2D eigenvalue weighted by Crippen LogP contribution is -2.51. The Labute approximate surface area is 139 Å². The predicted molar refractivity (Wildman–Crippen MR) is 91.5 cm³/mol. The number of carbonyl (C=O) groups excluding carboxylic acids is 1. The van der Waals surface area contributed by atoms with E-state index in [0.717, 1.165) is 37.0 Å². The maximum absolute atomic E-state index is 12.4. The third-order valence-corrected chi connectivity index (χ3v) is 4.63. The van der Waals surface area contributed by atoms with Crippen molar-refractivity contribution in [3.63, 3.8) is 0 Å². The quantitative estimate of drug-likeness (QED) is 0.847. The van der Waals surface area contributed by atoms with Gasteiger partial charge in [-0.1, -0.05) is 31.4 Å². The second-order valence-corrected chi connectivity index (χ2v) is 7.24. The van der Waals surface area contributed by atoms with Crippen LogP contribution < -0.4 is 10.1 Å². The van der Waals surface area contributed by atoms with Crippen LogP contribution in [0.25, 0.3) is 0 Å². The molecule has 0 aromatic heterocycles. The molecular formula is C19H29NO3. The maximum atomic E-state index is 12.4. The van der Waals surface area contributed by atoms with E-state index in [1.165, 1.54) is 6.42 Å². The van der Waals surface area contributed by atoms with Crippen molar-refractivity contribution in [2.45, 2.75) is 64.0 Å². The van der Waals surface area contributed by atoms with Gasteiger partial charge in [0.15, 0.2) is 0 Å². The van der Waals surface area contributed by atoms with Crippen molar-refractivity contribution in [1.29, 1.82) is 0 Å². The standard InChI is InChI=1S/C19H29NO3/c1-19(2,13-14-9-11-16(23-3)12-10-14)20-18(22)17(21)15-7-5-4-6-8-15/h9-12,15,17,21H,4-8,13H2,1-3H3,(H,20,22). The van der Waals surface area contributed by atoms with Crippen molar-refractivity contribution in [2.24, 2.45) is 5.92 Å². The predicted octanol–water partition coefficient (Wildman–Crippen LogP) is 3.07. The Balaban J connectivity index is 1.91. The van der Waals surface area contributed by atoms with Crippen LogP contribution in [0.1, 0.15) is 51.5 Å². The lowest BCUT2D eigenvalue weighted by atomic mass is 9.84. The van der Waals surface area contributed by atoms with Gasteiger partial charge in [0.2, 0.25) is 5.91 Å². The number of benzene rings is 1. The van der Waals surface area contributed by atoms with Gasteiger partial charge < -0.3 is 15.2 Å². The summed E-state index contributed by atoms with van der Waals surface area (Å²) in [6.07, 6.45) is 5.18. The molecule has 4 heteroatoms. The minimum Gasteiger partial charge on any atom is -0.497 e. The molecule has 1 aliphatic rings. The average molecular weight is 319 g/mol. The third kappa shape index (κ3) is 5.24. The molecule has 0 heterocycles. The van der Waals surface area contributed by atoms with Crippen LogP contribution in [0.5, 0.6) is 5.75 Å². The average Bonchev–Trinajstić information content (AvgIpc) is 2.54. The van der Waals surface area contributed by atoms with Gasteiger partial charge in [0.1, 0.15) is 11.9 Å². The molecule has 1 aromatic rings. The SMILES string of the molecule is COc1ccc(CC(C)(C)NC(=O)C(O)C2CCCCC2)cc1. The Morgan fingerprint density at radius 2 is 1.87 bits per heavy atom. The van der Waals surface area contributed by atoms with E-state index in [1.807, 2.05) is 38.1 Å². The summed E-state index contributed by atoms with van der Waals surface area (Å²) in [5.41, 5.74) is 0.727. The molecule has 128 valence electrons. The monoisotopic (exact) mass is 319 g/mol. The van der Waals surface area contributed by atoms with E-state index < -0.39 is 11.6 Å². The van der Waals surface area contributed by atoms with E-state index >= 15 is 0 Å². The van der Waals surface area contributed by atoms with Crippen LogP contribution >= 0.6 is 0 Å². The first kappa shape index (κ1) is 17.8. The van der Waals surface area contributed by atoms with Crippen LogP contribution in [-0.4, -0.2) is 29.8 Å². The number of amides is 1. The summed E-state index contributed by atoms with van der Waals surface area (Å²) < 4.78 is 5.16. The maximum Gasteiger partial charge on any atom is 0.249 e. The van der Waals surface area contributed by atoms with Gasteiger partial charge in [-0.25, -0.2) is 0 Å². The van der Waals surface area contributed by atoms with Gasteiger partial charge in [-0.05, 0) is 56.7 Å². The molecule has 0 saturated heterocycles. The number of ether oxygens (including phenoxy) is 1. The zero-order valence-corrected chi connectivity index (χ0v) is 14.5. The van der Waals surface area contributed by atoms with Gasteiger partial charge >= 0.3 is 0 Å². The molecule has 2 rings (SSSR count). The molecule has 1 aliphatic carbocycles. The van der Waals surface area contributed by atoms with Crippen molar-refractivity contribution >= 4 is 5.91 Å². The van der Waals surface area contributed by atoms with Crippen LogP contribution in [0.15, 0.2) is 24.3 Å². The minimum absolute atomic E-state index is 0.112. The van der Waals surface area contributed by atoms with Crippen molar-refractivity contribution in [3.05, 3.63) is 29.8 Å². The number of hydrogen-bond donors (Lipinski definition) is 2. The number of methoxy groups -OCH3 is 1. The zero-order valence-electron chi connectivity index (χ0n) is 14.5. The van der Waals surface area contributed by atoms with Crippen molar-refractivity contribution in [1.82, 2.24) is 5.32 Å². The molecular weight excluding hydrogens is 290 g/mol. The molecule has 1 atom stereocenters. The van der Waals surface area contributed by atoms with Crippen LogP contribution in [0.3, 0.4) is 0 Å². The first-order valence-corrected chi connectivity index (χ1v) is 8.54. The van der Waals surface area contributed by atoms with Crippen molar-refractivity contribution in [2.75, 3.05) is 7.11 Å². The molecule has 1 amide bonds. The summed E-state index contributed by atoms with van der Waals surface area (Å²) in [7, 11) is 1.64. The highest BCUT2D eigenvalue weighted by atomic mass is 16.5. The lowest BCUT2D eigenvalue weighted by molar-refractivity contribution is -0.134. The van der Waals surface area contributed by atoms with Gasteiger partial charge in [-0.15, -0.1) is 0 Å². The molecule has 2 N–H and O–H groups in total. The second kappa shape index (κ2) is 7.82. The smallest absolute Gasteiger partial charge is 0.249 e. The summed E-state index contributed by atoms with van der Waals surface area (Å²) in [6.45, 7) is 3.98. The Kier molecular flexibility index (Phi) is 6.05. The van der Waals surface area contributed by atoms with E-state index in [1.54, 1.807) is 7.11 Å². The number of carbonyl (C=O) groups is 1. The van der Waals surface area contributed by atoms with Crippen LogP contribution in [0, 0.1) is 5.92 Å². The molecule has 1 unspecified atom stereocenters. The zero-order chi connectivity index (χ0) is 16.9. The van der Waals surface area contributed by atoms with Crippen molar-refractivity contribution in [3.8, 4) is 5.75 Å². The molecule has 0 radical (unpaired) electrons. The molecule has 23 heavy (non-hydrogen) atoms. The van der Waals surface area contributed by atoms with Crippen LogP contribution in [0.4, 0.5) is 0 Å². The normalized spacial score (nSPS) is 17.6. The first-order valence-electron chi connectivity index (χ1n) is 8.54. The minimum atomic E-state index is -0.884. The lowest BCUT2D eigenvalue weighted by Gasteiger charge is -2.31. The third-order valence-electron chi connectivity index (χ3n) is 4.63. The highest BCUT2D eigenvalue weighted by Crippen LogP contribution is 2.27.